The first-order valence-corrected chi connectivity index (χ1v) is 10.6. The van der Waals surface area contributed by atoms with Gasteiger partial charge in [0.05, 0.1) is 38.8 Å². The summed E-state index contributed by atoms with van der Waals surface area (Å²) in [6, 6.07) is 0. The number of carboxylic acid groups (broad SMARTS) is 2. The maximum Gasteiger partial charge on any atom is 1.00 e. The number of rotatable bonds is 17. The number of carbonyl (C=O) groups excluding carboxylic acids is 2. The van der Waals surface area contributed by atoms with Gasteiger partial charge in [-0.25, -0.2) is 0 Å². The Morgan fingerprint density at radius 3 is 2.13 bits per heavy atom. The molecule has 0 aliphatic rings. The van der Waals surface area contributed by atoms with Crippen LogP contribution < -0.4 is 29.3 Å². The van der Waals surface area contributed by atoms with Crippen LogP contribution in [0, 0.1) is 11.8 Å². The van der Waals surface area contributed by atoms with Crippen LogP contribution in [-0.2, 0) is 14.4 Å². The summed E-state index contributed by atoms with van der Waals surface area (Å²) < 4.78 is 0.105. The molecule has 3 unspecified atom stereocenters. The van der Waals surface area contributed by atoms with Gasteiger partial charge in [-0.1, -0.05) is 39.7 Å². The average molecular weight is 421 g/mol. The number of quaternary nitrogens is 1. The van der Waals surface area contributed by atoms with Crippen molar-refractivity contribution in [2.75, 3.05) is 39.3 Å². The minimum atomic E-state index is -1.18. The first-order chi connectivity index (χ1) is 13.7. The van der Waals surface area contributed by atoms with E-state index >= 15 is 0 Å². The van der Waals surface area contributed by atoms with E-state index in [4.69, 9.17) is 0 Å². The van der Waals surface area contributed by atoms with Gasteiger partial charge in [0.1, 0.15) is 12.5 Å². The van der Waals surface area contributed by atoms with Crippen LogP contribution in [0.3, 0.4) is 0 Å². The third kappa shape index (κ3) is 12.4. The van der Waals surface area contributed by atoms with E-state index in [0.717, 1.165) is 19.3 Å². The van der Waals surface area contributed by atoms with E-state index in [-0.39, 0.29) is 62.0 Å². The van der Waals surface area contributed by atoms with Crippen molar-refractivity contribution >= 4 is 17.8 Å². The average Bonchev–Trinajstić information content (AvgIpc) is 2.67. The number of aliphatic hydroxyl groups is 1. The Labute approximate surface area is 192 Å². The van der Waals surface area contributed by atoms with Crippen LogP contribution in [0.4, 0.5) is 0 Å². The van der Waals surface area contributed by atoms with E-state index in [1.54, 1.807) is 13.8 Å². The molecule has 3 atom stereocenters. The summed E-state index contributed by atoms with van der Waals surface area (Å²) in [5.74, 6) is -3.78. The quantitative estimate of drug-likeness (QED) is 0.104. The predicted octanol–water partition coefficient (Wildman–Crippen LogP) is -2.45. The van der Waals surface area contributed by atoms with Crippen LogP contribution in [0.5, 0.6) is 0 Å². The summed E-state index contributed by atoms with van der Waals surface area (Å²) in [6.07, 6.45) is 6.93. The van der Waals surface area contributed by atoms with Crippen molar-refractivity contribution in [2.45, 2.75) is 52.9 Å². The third-order valence-electron chi connectivity index (χ3n) is 5.34. The van der Waals surface area contributed by atoms with Gasteiger partial charge in [0.2, 0.25) is 5.91 Å². The molecule has 0 heterocycles. The summed E-state index contributed by atoms with van der Waals surface area (Å²) in [5, 5.41) is 33.3. The number of unbranched alkanes of at least 4 members (excludes halogenated alkanes) is 2. The van der Waals surface area contributed by atoms with E-state index in [1.807, 2.05) is 6.08 Å². The van der Waals surface area contributed by atoms with Crippen LogP contribution >= 0.6 is 0 Å². The number of allylic oxidation sites excluding steroid dienone is 1. The molecule has 0 aromatic heterocycles. The molecule has 3 N–H and O–H groups in total. The molecule has 0 aliphatic carbocycles. The fourth-order valence-corrected chi connectivity index (χ4v) is 3.44. The number of nitrogens with one attached hydrogen (secondary N) is 1. The van der Waals surface area contributed by atoms with Crippen LogP contribution in [0.1, 0.15) is 52.9 Å². The van der Waals surface area contributed by atoms with Crippen LogP contribution in [0.15, 0.2) is 12.2 Å². The summed E-state index contributed by atoms with van der Waals surface area (Å²) >= 11 is 0. The van der Waals surface area contributed by atoms with Gasteiger partial charge in [0.25, 0.3) is 0 Å². The van der Waals surface area contributed by atoms with Gasteiger partial charge in [-0.15, -0.1) is 0 Å². The molecule has 0 aromatic carbocycles. The number of hydrogen-bond acceptors (Lipinski definition) is 5. The van der Waals surface area contributed by atoms with Crippen molar-refractivity contribution in [3.05, 3.63) is 12.2 Å². The van der Waals surface area contributed by atoms with Gasteiger partial charge in [-0.05, 0) is 25.3 Å². The van der Waals surface area contributed by atoms with Crippen LogP contribution in [-0.4, -0.2) is 71.9 Å². The second-order valence-electron chi connectivity index (χ2n) is 7.58. The molecule has 0 rings (SSSR count). The number of aliphatic carboxylic acids is 2. The molecule has 0 radical (unpaired) electrons. The molecule has 0 saturated carbocycles. The standard InChI is InChI=1S/C21H38N2O6.Li/c1-4-7-8-9-10-19(25)22-11-12-23(13-14-24,15-17(5-2)20(26)27)16-18(6-3)21(28)29;/h9-10,17-18,24H,4-8,11-16H2,1-3H3,(H2-,22,25,26,27,28,29);/q;+1/b10-9+;. The van der Waals surface area contributed by atoms with Gasteiger partial charge < -0.3 is 29.9 Å². The summed E-state index contributed by atoms with van der Waals surface area (Å²) in [6.45, 7) is 6.55. The third-order valence-corrected chi connectivity index (χ3v) is 5.34. The normalized spacial score (nSPS) is 15.1. The number of amides is 1. The fourth-order valence-electron chi connectivity index (χ4n) is 3.44. The zero-order valence-electron chi connectivity index (χ0n) is 19.1. The predicted molar refractivity (Wildman–Crippen MR) is 109 cm³/mol. The Balaban J connectivity index is 0. The Morgan fingerprint density at radius 1 is 1.07 bits per heavy atom. The zero-order valence-corrected chi connectivity index (χ0v) is 19.1. The zero-order chi connectivity index (χ0) is 22.3. The van der Waals surface area contributed by atoms with Crippen molar-refractivity contribution in [1.82, 2.24) is 5.32 Å². The largest absolute Gasteiger partial charge is 1.00 e. The monoisotopic (exact) mass is 421 g/mol. The number of carbonyl (C=O) groups is 3. The van der Waals surface area contributed by atoms with Gasteiger partial charge in [-0.2, -0.15) is 0 Å². The summed E-state index contributed by atoms with van der Waals surface area (Å²) in [4.78, 5) is 35.0. The number of hydrogen-bond donors (Lipinski definition) is 3. The minimum absolute atomic E-state index is 0. The Bertz CT molecular complexity index is 518. The van der Waals surface area contributed by atoms with Crippen molar-refractivity contribution in [1.29, 1.82) is 0 Å². The van der Waals surface area contributed by atoms with Gasteiger partial charge in [-0.3, -0.25) is 9.59 Å². The van der Waals surface area contributed by atoms with Crippen molar-refractivity contribution in [3.63, 3.8) is 0 Å². The van der Waals surface area contributed by atoms with Crippen molar-refractivity contribution in [2.24, 2.45) is 11.8 Å². The molecule has 0 aromatic rings. The summed E-state index contributed by atoms with van der Waals surface area (Å²) in [5.41, 5.74) is 0. The topological polar surface area (TPSA) is 127 Å². The molecule has 0 bridgehead atoms. The molecule has 0 saturated heterocycles. The maximum atomic E-state index is 12.0. The first-order valence-electron chi connectivity index (χ1n) is 10.6. The smallest absolute Gasteiger partial charge is 0.550 e. The second-order valence-corrected chi connectivity index (χ2v) is 7.58. The number of carboxylic acids is 2. The molecule has 0 aliphatic heterocycles. The minimum Gasteiger partial charge on any atom is -0.550 e. The second kappa shape index (κ2) is 17.4. The fraction of sp³-hybridized carbons (Fsp3) is 0.762. The Hall–Kier alpha value is -1.33. The molecule has 9 heteroatoms. The summed E-state index contributed by atoms with van der Waals surface area (Å²) in [7, 11) is 0. The molecule has 0 spiro atoms. The Morgan fingerprint density at radius 2 is 1.67 bits per heavy atom. The van der Waals surface area contributed by atoms with Gasteiger partial charge >= 0.3 is 24.8 Å². The molecular weight excluding hydrogens is 383 g/mol. The van der Waals surface area contributed by atoms with Crippen molar-refractivity contribution < 1.29 is 53.0 Å². The van der Waals surface area contributed by atoms with E-state index < -0.39 is 23.8 Å². The van der Waals surface area contributed by atoms with Gasteiger partial charge in [0.15, 0.2) is 0 Å². The number of nitrogens with zero attached hydrogens (tertiary/aromatic N) is 1. The van der Waals surface area contributed by atoms with E-state index in [9.17, 15) is 29.7 Å². The Kier molecular flexibility index (Phi) is 17.9. The SMILES string of the molecule is CCCC/C=C/C(=O)NCC[N+](CCO)(CC(CC)C(=O)[O-])CC(CC)C(=O)O.[Li+]. The molecule has 8 nitrogen and oxygen atoms in total. The molecule has 30 heavy (non-hydrogen) atoms. The van der Waals surface area contributed by atoms with Crippen LogP contribution in [0.25, 0.3) is 0 Å². The van der Waals surface area contributed by atoms with E-state index in [0.29, 0.717) is 19.4 Å². The first kappa shape index (κ1) is 30.9. The molecule has 0 fully saturated rings. The van der Waals surface area contributed by atoms with Crippen LogP contribution in [0.2, 0.25) is 0 Å². The van der Waals surface area contributed by atoms with Crippen molar-refractivity contribution in [3.8, 4) is 0 Å². The molecule has 168 valence electrons. The molecular formula is C21H38LiN2O6+. The number of aliphatic hydroxyl groups excluding tert-OH is 1. The maximum absolute atomic E-state index is 12.0. The van der Waals surface area contributed by atoms with Gasteiger partial charge in [0, 0.05) is 5.92 Å². The van der Waals surface area contributed by atoms with E-state index in [2.05, 4.69) is 12.2 Å². The van der Waals surface area contributed by atoms with E-state index in [1.165, 1.54) is 6.08 Å². The molecule has 1 amide bonds.